The molecule has 146 valence electrons. The molecule has 1 heterocycles. The van der Waals surface area contributed by atoms with Crippen LogP contribution in [0.3, 0.4) is 0 Å². The van der Waals surface area contributed by atoms with Crippen LogP contribution in [-0.4, -0.2) is 34.2 Å². The van der Waals surface area contributed by atoms with E-state index in [1.807, 2.05) is 26.0 Å². The maximum absolute atomic E-state index is 13.1. The van der Waals surface area contributed by atoms with Crippen LogP contribution in [0.4, 0.5) is 0 Å². The molecule has 0 N–H and O–H groups in total. The molecule has 8 heteroatoms. The number of ether oxygens (including phenoxy) is 1. The lowest BCUT2D eigenvalue weighted by atomic mass is 10.1. The van der Waals surface area contributed by atoms with Gasteiger partial charge in [-0.3, -0.25) is 4.79 Å². The van der Waals surface area contributed by atoms with Crippen LogP contribution in [0.2, 0.25) is 5.02 Å². The van der Waals surface area contributed by atoms with E-state index in [9.17, 15) is 4.79 Å². The van der Waals surface area contributed by atoms with Crippen LogP contribution in [0, 0.1) is 0 Å². The van der Waals surface area contributed by atoms with Crippen molar-refractivity contribution in [3.05, 3.63) is 63.4 Å². The number of hydrogen-bond donors (Lipinski definition) is 0. The Kier molecular flexibility index (Phi) is 6.36. The van der Waals surface area contributed by atoms with Gasteiger partial charge in [0.1, 0.15) is 5.75 Å². The van der Waals surface area contributed by atoms with Gasteiger partial charge in [0.05, 0.1) is 29.8 Å². The Hall–Kier alpha value is -2.38. The quantitative estimate of drug-likeness (QED) is 0.501. The minimum atomic E-state index is -0.168. The summed E-state index contributed by atoms with van der Waals surface area (Å²) < 4.78 is 11.7. The molecule has 6 nitrogen and oxygen atoms in total. The second-order valence-corrected chi connectivity index (χ2v) is 7.61. The van der Waals surface area contributed by atoms with Crippen molar-refractivity contribution >= 4 is 33.4 Å². The van der Waals surface area contributed by atoms with E-state index in [2.05, 4.69) is 26.1 Å². The first-order chi connectivity index (χ1) is 13.4. The van der Waals surface area contributed by atoms with E-state index >= 15 is 0 Å². The van der Waals surface area contributed by atoms with Gasteiger partial charge in [-0.05, 0) is 60.1 Å². The minimum Gasteiger partial charge on any atom is -0.497 e. The summed E-state index contributed by atoms with van der Waals surface area (Å²) >= 11 is 9.63. The number of rotatable bonds is 6. The van der Waals surface area contributed by atoms with E-state index in [1.165, 1.54) is 0 Å². The molecule has 0 atom stereocenters. The van der Waals surface area contributed by atoms with Crippen LogP contribution < -0.4 is 4.74 Å². The Balaban J connectivity index is 1.87. The van der Waals surface area contributed by atoms with Crippen molar-refractivity contribution in [3.63, 3.8) is 0 Å². The van der Waals surface area contributed by atoms with Gasteiger partial charge in [0.15, 0.2) is 0 Å². The molecule has 3 rings (SSSR count). The summed E-state index contributed by atoms with van der Waals surface area (Å²) in [6.07, 6.45) is 0. The molecule has 0 spiro atoms. The Morgan fingerprint density at radius 3 is 2.68 bits per heavy atom. The molecule has 0 radical (unpaired) electrons. The van der Waals surface area contributed by atoms with E-state index in [-0.39, 0.29) is 18.5 Å². The maximum Gasteiger partial charge on any atom is 0.255 e. The Bertz CT molecular complexity index is 990. The Morgan fingerprint density at radius 1 is 1.25 bits per heavy atom. The molecular weight excluding hydrogens is 446 g/mol. The zero-order valence-corrected chi connectivity index (χ0v) is 18.0. The fraction of sp³-hybridized carbons (Fsp3) is 0.250. The highest BCUT2D eigenvalue weighted by molar-refractivity contribution is 9.10. The standard InChI is InChI=1S/C20H19BrClN3O3/c1-12(2)25(20(26)15-10-13(27-3)8-9-16(15)21)11-18-23-24-19(28-18)14-6-4-5-7-17(14)22/h4-10,12H,11H2,1-3H3. The van der Waals surface area contributed by atoms with Gasteiger partial charge in [-0.25, -0.2) is 0 Å². The predicted molar refractivity (Wildman–Crippen MR) is 110 cm³/mol. The fourth-order valence-electron chi connectivity index (χ4n) is 2.65. The number of hydrogen-bond acceptors (Lipinski definition) is 5. The Morgan fingerprint density at radius 2 is 2.00 bits per heavy atom. The fourth-order valence-corrected chi connectivity index (χ4v) is 3.28. The summed E-state index contributed by atoms with van der Waals surface area (Å²) in [5, 5.41) is 8.67. The topological polar surface area (TPSA) is 68.5 Å². The highest BCUT2D eigenvalue weighted by Crippen LogP contribution is 2.28. The van der Waals surface area contributed by atoms with Gasteiger partial charge in [0.2, 0.25) is 11.8 Å². The minimum absolute atomic E-state index is 0.0822. The van der Waals surface area contributed by atoms with Gasteiger partial charge >= 0.3 is 0 Å². The van der Waals surface area contributed by atoms with E-state index in [1.54, 1.807) is 42.3 Å². The summed E-state index contributed by atoms with van der Waals surface area (Å²) in [6, 6.07) is 12.4. The number of nitrogens with zero attached hydrogens (tertiary/aromatic N) is 3. The molecule has 0 aliphatic heterocycles. The monoisotopic (exact) mass is 463 g/mol. The number of methoxy groups -OCH3 is 1. The molecule has 2 aromatic carbocycles. The SMILES string of the molecule is COc1ccc(Br)c(C(=O)N(Cc2nnc(-c3ccccc3Cl)o2)C(C)C)c1. The van der Waals surface area contributed by atoms with Gasteiger partial charge in [0, 0.05) is 10.5 Å². The molecule has 3 aromatic rings. The summed E-state index contributed by atoms with van der Waals surface area (Å²) in [5.74, 6) is 1.09. The van der Waals surface area contributed by atoms with Gasteiger partial charge in [-0.1, -0.05) is 23.7 Å². The van der Waals surface area contributed by atoms with Crippen LogP contribution >= 0.6 is 27.5 Å². The molecule has 1 aromatic heterocycles. The molecule has 0 aliphatic carbocycles. The molecule has 0 bridgehead atoms. The van der Waals surface area contributed by atoms with Crippen molar-refractivity contribution in [3.8, 4) is 17.2 Å². The second-order valence-electron chi connectivity index (χ2n) is 6.35. The highest BCUT2D eigenvalue weighted by atomic mass is 79.9. The first kappa shape index (κ1) is 20.4. The first-order valence-corrected chi connectivity index (χ1v) is 9.79. The van der Waals surface area contributed by atoms with Gasteiger partial charge in [-0.2, -0.15) is 0 Å². The lowest BCUT2D eigenvalue weighted by Crippen LogP contribution is -2.36. The van der Waals surface area contributed by atoms with E-state index in [0.717, 1.165) is 0 Å². The number of carbonyl (C=O) groups excluding carboxylic acids is 1. The lowest BCUT2D eigenvalue weighted by Gasteiger charge is -2.25. The van der Waals surface area contributed by atoms with Crippen molar-refractivity contribution in [2.75, 3.05) is 7.11 Å². The third kappa shape index (κ3) is 4.36. The third-order valence-electron chi connectivity index (χ3n) is 4.16. The van der Waals surface area contributed by atoms with E-state index in [0.29, 0.717) is 38.2 Å². The van der Waals surface area contributed by atoms with Gasteiger partial charge < -0.3 is 14.1 Å². The lowest BCUT2D eigenvalue weighted by molar-refractivity contribution is 0.0671. The highest BCUT2D eigenvalue weighted by Gasteiger charge is 2.24. The van der Waals surface area contributed by atoms with Crippen LogP contribution in [-0.2, 0) is 6.54 Å². The molecule has 28 heavy (non-hydrogen) atoms. The van der Waals surface area contributed by atoms with Crippen molar-refractivity contribution in [1.82, 2.24) is 15.1 Å². The first-order valence-electron chi connectivity index (χ1n) is 8.62. The molecule has 0 saturated carbocycles. The third-order valence-corrected chi connectivity index (χ3v) is 5.19. The number of aromatic nitrogens is 2. The summed E-state index contributed by atoms with van der Waals surface area (Å²) in [4.78, 5) is 14.8. The van der Waals surface area contributed by atoms with Crippen LogP contribution in [0.1, 0.15) is 30.1 Å². The predicted octanol–water partition coefficient (Wildman–Crippen LogP) is 5.21. The molecule has 0 saturated heterocycles. The van der Waals surface area contributed by atoms with Crippen LogP contribution in [0.5, 0.6) is 5.75 Å². The number of carbonyl (C=O) groups is 1. The van der Waals surface area contributed by atoms with Gasteiger partial charge in [-0.15, -0.1) is 10.2 Å². The molecule has 0 unspecified atom stereocenters. The molecule has 0 fully saturated rings. The molecule has 1 amide bonds. The number of halogens is 2. The second kappa shape index (κ2) is 8.75. The van der Waals surface area contributed by atoms with Crippen molar-refractivity contribution in [2.24, 2.45) is 0 Å². The summed E-state index contributed by atoms with van der Waals surface area (Å²) in [5.41, 5.74) is 1.15. The van der Waals surface area contributed by atoms with Crippen molar-refractivity contribution < 1.29 is 13.9 Å². The average Bonchev–Trinajstić information content (AvgIpc) is 3.14. The summed E-state index contributed by atoms with van der Waals surface area (Å²) in [7, 11) is 1.56. The van der Waals surface area contributed by atoms with Crippen LogP contribution in [0.25, 0.3) is 11.5 Å². The zero-order valence-electron chi connectivity index (χ0n) is 15.6. The zero-order chi connectivity index (χ0) is 20.3. The van der Waals surface area contributed by atoms with Crippen LogP contribution in [0.15, 0.2) is 51.4 Å². The van der Waals surface area contributed by atoms with Crippen molar-refractivity contribution in [1.29, 1.82) is 0 Å². The van der Waals surface area contributed by atoms with Gasteiger partial charge in [0.25, 0.3) is 5.91 Å². The average molecular weight is 465 g/mol. The Labute approximate surface area is 176 Å². The van der Waals surface area contributed by atoms with E-state index in [4.69, 9.17) is 20.8 Å². The van der Waals surface area contributed by atoms with E-state index < -0.39 is 0 Å². The molecular formula is C20H19BrClN3O3. The summed E-state index contributed by atoms with van der Waals surface area (Å²) in [6.45, 7) is 4.03. The largest absolute Gasteiger partial charge is 0.497 e. The normalized spacial score (nSPS) is 10.9. The number of amides is 1. The smallest absolute Gasteiger partial charge is 0.255 e. The van der Waals surface area contributed by atoms with Crippen molar-refractivity contribution in [2.45, 2.75) is 26.4 Å². The maximum atomic E-state index is 13.1. The number of benzene rings is 2. The molecule has 0 aliphatic rings.